The van der Waals surface area contributed by atoms with Crippen molar-refractivity contribution in [1.29, 1.82) is 0 Å². The second kappa shape index (κ2) is 11.9. The Morgan fingerprint density at radius 3 is 2.30 bits per heavy atom. The van der Waals surface area contributed by atoms with E-state index in [0.717, 1.165) is 17.0 Å². The van der Waals surface area contributed by atoms with Crippen molar-refractivity contribution in [3.8, 4) is 0 Å². The zero-order valence-corrected chi connectivity index (χ0v) is 21.6. The third-order valence-corrected chi connectivity index (χ3v) is 6.91. The van der Waals surface area contributed by atoms with Crippen molar-refractivity contribution in [2.24, 2.45) is 0 Å². The molecule has 0 aromatic heterocycles. The van der Waals surface area contributed by atoms with Gasteiger partial charge in [0.2, 0.25) is 21.8 Å². The zero-order chi connectivity index (χ0) is 24.8. The van der Waals surface area contributed by atoms with Gasteiger partial charge in [-0.05, 0) is 43.2 Å². The summed E-state index contributed by atoms with van der Waals surface area (Å²) in [6.45, 7) is 3.37. The summed E-state index contributed by atoms with van der Waals surface area (Å²) in [4.78, 5) is 27.4. The van der Waals surface area contributed by atoms with Gasteiger partial charge < -0.3 is 10.2 Å². The van der Waals surface area contributed by atoms with Gasteiger partial charge in [-0.1, -0.05) is 59.9 Å². The minimum absolute atomic E-state index is 0.0182. The van der Waals surface area contributed by atoms with Crippen LogP contribution in [-0.2, 0) is 26.2 Å². The molecule has 2 aromatic carbocycles. The molecular formula is C22H26Cl3N3O4S. The highest BCUT2D eigenvalue weighted by Gasteiger charge is 2.31. The lowest BCUT2D eigenvalue weighted by atomic mass is 10.1. The number of nitrogens with one attached hydrogen (secondary N) is 1. The van der Waals surface area contributed by atoms with E-state index in [1.165, 1.54) is 23.1 Å². The Kier molecular flexibility index (Phi) is 9.84. The van der Waals surface area contributed by atoms with E-state index in [0.29, 0.717) is 22.2 Å². The summed E-state index contributed by atoms with van der Waals surface area (Å²) in [7, 11) is -3.86. The van der Waals surface area contributed by atoms with Crippen LogP contribution in [0.3, 0.4) is 0 Å². The number of sulfonamides is 1. The molecule has 0 saturated heterocycles. The molecule has 0 bridgehead atoms. The molecule has 1 N–H and O–H groups in total. The predicted octanol–water partition coefficient (Wildman–Crippen LogP) is 4.36. The summed E-state index contributed by atoms with van der Waals surface area (Å²) in [6.07, 6.45) is 1.71. The molecule has 0 unspecified atom stereocenters. The van der Waals surface area contributed by atoms with Gasteiger partial charge in [-0.25, -0.2) is 8.42 Å². The van der Waals surface area contributed by atoms with Crippen LogP contribution in [0.25, 0.3) is 0 Å². The van der Waals surface area contributed by atoms with Gasteiger partial charge in [0, 0.05) is 23.1 Å². The van der Waals surface area contributed by atoms with E-state index in [2.05, 4.69) is 5.32 Å². The van der Waals surface area contributed by atoms with Crippen molar-refractivity contribution >= 4 is 62.3 Å². The highest BCUT2D eigenvalue weighted by molar-refractivity contribution is 7.92. The van der Waals surface area contributed by atoms with Crippen molar-refractivity contribution < 1.29 is 18.0 Å². The number of amides is 2. The number of nitrogens with zero attached hydrogens (tertiary/aromatic N) is 2. The lowest BCUT2D eigenvalue weighted by molar-refractivity contribution is -0.139. The molecule has 11 heteroatoms. The third-order valence-electron chi connectivity index (χ3n) is 4.87. The largest absolute Gasteiger partial charge is 0.354 e. The van der Waals surface area contributed by atoms with E-state index < -0.39 is 28.5 Å². The normalized spacial score (nSPS) is 12.2. The van der Waals surface area contributed by atoms with Gasteiger partial charge in [0.25, 0.3) is 0 Å². The van der Waals surface area contributed by atoms with Crippen LogP contribution < -0.4 is 9.62 Å². The molecule has 0 heterocycles. The number of rotatable bonds is 10. The number of hydrogen-bond acceptors (Lipinski definition) is 4. The van der Waals surface area contributed by atoms with Crippen LogP contribution in [0.15, 0.2) is 42.5 Å². The van der Waals surface area contributed by atoms with E-state index in [-0.39, 0.29) is 23.2 Å². The first-order valence-electron chi connectivity index (χ1n) is 10.2. The molecule has 1 atom stereocenters. The molecule has 0 aliphatic carbocycles. The molecule has 2 amide bonds. The Bertz CT molecular complexity index is 1110. The fraction of sp³-hybridized carbons (Fsp3) is 0.364. The second-order valence-corrected chi connectivity index (χ2v) is 10.6. The summed E-state index contributed by atoms with van der Waals surface area (Å²) < 4.78 is 26.0. The maximum Gasteiger partial charge on any atom is 0.244 e. The Balaban J connectivity index is 2.42. The van der Waals surface area contributed by atoms with Crippen molar-refractivity contribution in [2.45, 2.75) is 32.9 Å². The number of carbonyl (C=O) groups excluding carboxylic acids is 2. The van der Waals surface area contributed by atoms with Crippen LogP contribution in [0, 0.1) is 0 Å². The zero-order valence-electron chi connectivity index (χ0n) is 18.5. The molecule has 0 radical (unpaired) electrons. The summed E-state index contributed by atoms with van der Waals surface area (Å²) >= 11 is 18.5. The minimum atomic E-state index is -3.86. The predicted molar refractivity (Wildman–Crippen MR) is 133 cm³/mol. The van der Waals surface area contributed by atoms with Gasteiger partial charge in [-0.3, -0.25) is 13.9 Å². The number of para-hydroxylation sites is 1. The monoisotopic (exact) mass is 533 g/mol. The molecule has 2 aromatic rings. The molecule has 0 saturated carbocycles. The Hall–Kier alpha value is -2.00. The van der Waals surface area contributed by atoms with Crippen LogP contribution in [0.5, 0.6) is 0 Å². The van der Waals surface area contributed by atoms with E-state index >= 15 is 0 Å². The molecule has 7 nitrogen and oxygen atoms in total. The van der Waals surface area contributed by atoms with Gasteiger partial charge in [0.15, 0.2) is 0 Å². The fourth-order valence-electron chi connectivity index (χ4n) is 3.06. The SMILES string of the molecule is CCCNC(=O)[C@@H](C)N(Cc1ccc(Cl)cc1Cl)C(=O)CN(c1ccccc1Cl)S(C)(=O)=O. The molecule has 0 fully saturated rings. The molecule has 0 spiro atoms. The maximum absolute atomic E-state index is 13.4. The molecule has 0 aliphatic rings. The van der Waals surface area contributed by atoms with Gasteiger partial charge in [0.1, 0.15) is 12.6 Å². The first-order valence-corrected chi connectivity index (χ1v) is 13.2. The maximum atomic E-state index is 13.4. The molecular weight excluding hydrogens is 509 g/mol. The van der Waals surface area contributed by atoms with Crippen LogP contribution >= 0.6 is 34.8 Å². The van der Waals surface area contributed by atoms with Crippen LogP contribution in [-0.4, -0.2) is 50.5 Å². The first kappa shape index (κ1) is 27.2. The van der Waals surface area contributed by atoms with Crippen molar-refractivity contribution in [3.63, 3.8) is 0 Å². The third kappa shape index (κ3) is 7.50. The molecule has 180 valence electrons. The topological polar surface area (TPSA) is 86.8 Å². The van der Waals surface area contributed by atoms with E-state index in [9.17, 15) is 18.0 Å². The molecule has 2 rings (SSSR count). The average molecular weight is 535 g/mol. The van der Waals surface area contributed by atoms with Gasteiger partial charge in [0.05, 0.1) is 17.0 Å². The van der Waals surface area contributed by atoms with Crippen molar-refractivity contribution in [2.75, 3.05) is 23.7 Å². The quantitative estimate of drug-likeness (QED) is 0.491. The lowest BCUT2D eigenvalue weighted by Gasteiger charge is -2.32. The van der Waals surface area contributed by atoms with Gasteiger partial charge >= 0.3 is 0 Å². The number of benzene rings is 2. The number of carbonyl (C=O) groups is 2. The van der Waals surface area contributed by atoms with Crippen LogP contribution in [0.2, 0.25) is 15.1 Å². The van der Waals surface area contributed by atoms with E-state index in [4.69, 9.17) is 34.8 Å². The smallest absolute Gasteiger partial charge is 0.244 e. The standard InChI is InChI=1S/C22H26Cl3N3O4S/c1-4-11-26-22(30)15(2)27(13-16-9-10-17(23)12-19(16)25)21(29)14-28(33(3,31)32)20-8-6-5-7-18(20)24/h5-10,12,15H,4,11,13-14H2,1-3H3,(H,26,30)/t15-/m1/s1. The van der Waals surface area contributed by atoms with Gasteiger partial charge in [-0.2, -0.15) is 0 Å². The number of anilines is 1. The number of hydrogen-bond donors (Lipinski definition) is 1. The van der Waals surface area contributed by atoms with Crippen LogP contribution in [0.4, 0.5) is 5.69 Å². The summed E-state index contributed by atoms with van der Waals surface area (Å²) in [5.74, 6) is -0.954. The lowest BCUT2D eigenvalue weighted by Crippen LogP contribution is -2.51. The summed E-state index contributed by atoms with van der Waals surface area (Å²) in [5, 5.41) is 3.69. The highest BCUT2D eigenvalue weighted by atomic mass is 35.5. The average Bonchev–Trinajstić information content (AvgIpc) is 2.74. The Morgan fingerprint density at radius 2 is 1.73 bits per heavy atom. The van der Waals surface area contributed by atoms with E-state index in [1.807, 2.05) is 6.92 Å². The first-order chi connectivity index (χ1) is 15.5. The summed E-state index contributed by atoms with van der Waals surface area (Å²) in [6, 6.07) is 10.3. The number of halogens is 3. The molecule has 0 aliphatic heterocycles. The Morgan fingerprint density at radius 1 is 1.06 bits per heavy atom. The molecule has 33 heavy (non-hydrogen) atoms. The van der Waals surface area contributed by atoms with Crippen molar-refractivity contribution in [1.82, 2.24) is 10.2 Å². The highest BCUT2D eigenvalue weighted by Crippen LogP contribution is 2.28. The van der Waals surface area contributed by atoms with Gasteiger partial charge in [-0.15, -0.1) is 0 Å². The van der Waals surface area contributed by atoms with E-state index in [1.54, 1.807) is 31.2 Å². The van der Waals surface area contributed by atoms with Crippen LogP contribution in [0.1, 0.15) is 25.8 Å². The minimum Gasteiger partial charge on any atom is -0.354 e. The Labute approximate surface area is 209 Å². The van der Waals surface area contributed by atoms with Crippen molar-refractivity contribution in [3.05, 3.63) is 63.1 Å². The fourth-order valence-corrected chi connectivity index (χ4v) is 4.68. The second-order valence-electron chi connectivity index (χ2n) is 7.45. The summed E-state index contributed by atoms with van der Waals surface area (Å²) in [5.41, 5.74) is 0.732.